The van der Waals surface area contributed by atoms with Gasteiger partial charge in [-0.1, -0.05) is 18.2 Å². The second kappa shape index (κ2) is 8.85. The summed E-state index contributed by atoms with van der Waals surface area (Å²) in [5.41, 5.74) is 4.21. The van der Waals surface area contributed by atoms with Crippen LogP contribution in [-0.2, 0) is 4.79 Å². The van der Waals surface area contributed by atoms with Crippen LogP contribution in [0.1, 0.15) is 35.2 Å². The average molecular weight is 377 g/mol. The van der Waals surface area contributed by atoms with E-state index in [1.165, 1.54) is 11.1 Å². The third kappa shape index (κ3) is 4.68. The minimum atomic E-state index is -0.0141. The Labute approximate surface area is 166 Å². The first-order valence-corrected chi connectivity index (χ1v) is 9.67. The van der Waals surface area contributed by atoms with E-state index < -0.39 is 0 Å². The number of pyridine rings is 1. The molecule has 1 saturated heterocycles. The lowest BCUT2D eigenvalue weighted by molar-refractivity contribution is -0.123. The molecule has 3 rings (SSSR count). The summed E-state index contributed by atoms with van der Waals surface area (Å²) < 4.78 is 0. The molecular weight excluding hydrogens is 350 g/mol. The molecule has 1 aromatic carbocycles. The zero-order valence-electron chi connectivity index (χ0n) is 16.8. The molecule has 1 atom stereocenters. The molecule has 28 heavy (non-hydrogen) atoms. The highest BCUT2D eigenvalue weighted by Crippen LogP contribution is 2.19. The van der Waals surface area contributed by atoms with Crippen molar-refractivity contribution in [2.75, 3.05) is 37.6 Å². The number of nitriles is 1. The molecule has 0 spiro atoms. The van der Waals surface area contributed by atoms with Crippen LogP contribution in [0.2, 0.25) is 0 Å². The summed E-state index contributed by atoms with van der Waals surface area (Å²) in [7, 11) is 0. The molecule has 1 N–H and O–H groups in total. The van der Waals surface area contributed by atoms with Crippen molar-refractivity contribution in [3.8, 4) is 6.07 Å². The van der Waals surface area contributed by atoms with E-state index in [9.17, 15) is 10.1 Å². The number of aromatic nitrogens is 1. The fraction of sp³-hybridized carbons (Fsp3) is 0.409. The van der Waals surface area contributed by atoms with Gasteiger partial charge in [-0.25, -0.2) is 4.98 Å². The fourth-order valence-corrected chi connectivity index (χ4v) is 3.46. The number of aryl methyl sites for hydroxylation is 2. The number of nitrogens with zero attached hydrogens (tertiary/aromatic N) is 4. The van der Waals surface area contributed by atoms with Crippen LogP contribution in [0.15, 0.2) is 36.5 Å². The van der Waals surface area contributed by atoms with Crippen molar-refractivity contribution in [3.05, 3.63) is 58.8 Å². The number of nitrogens with one attached hydrogen (secondary N) is 1. The Kier molecular flexibility index (Phi) is 6.27. The summed E-state index contributed by atoms with van der Waals surface area (Å²) in [6, 6.07) is 12.1. The van der Waals surface area contributed by atoms with E-state index in [2.05, 4.69) is 58.2 Å². The van der Waals surface area contributed by atoms with E-state index in [-0.39, 0.29) is 11.9 Å². The van der Waals surface area contributed by atoms with Gasteiger partial charge in [0.2, 0.25) is 5.91 Å². The van der Waals surface area contributed by atoms with Gasteiger partial charge >= 0.3 is 0 Å². The Morgan fingerprint density at radius 3 is 2.64 bits per heavy atom. The molecule has 0 radical (unpaired) electrons. The van der Waals surface area contributed by atoms with E-state index in [4.69, 9.17) is 0 Å². The van der Waals surface area contributed by atoms with E-state index in [0.29, 0.717) is 12.1 Å². The van der Waals surface area contributed by atoms with E-state index in [1.807, 2.05) is 6.92 Å². The van der Waals surface area contributed by atoms with Gasteiger partial charge in [0.1, 0.15) is 11.9 Å². The van der Waals surface area contributed by atoms with Crippen LogP contribution in [0.4, 0.5) is 5.82 Å². The number of hydrogen-bond donors (Lipinski definition) is 1. The molecule has 1 aromatic heterocycles. The van der Waals surface area contributed by atoms with Crippen LogP contribution in [0.5, 0.6) is 0 Å². The van der Waals surface area contributed by atoms with Crippen molar-refractivity contribution in [2.24, 2.45) is 0 Å². The van der Waals surface area contributed by atoms with Gasteiger partial charge in [0.25, 0.3) is 0 Å². The zero-order valence-corrected chi connectivity index (χ0v) is 16.8. The van der Waals surface area contributed by atoms with Gasteiger partial charge in [0, 0.05) is 32.4 Å². The van der Waals surface area contributed by atoms with Crippen molar-refractivity contribution in [1.29, 1.82) is 5.26 Å². The number of amides is 1. The Morgan fingerprint density at radius 1 is 1.21 bits per heavy atom. The predicted molar refractivity (Wildman–Crippen MR) is 110 cm³/mol. The van der Waals surface area contributed by atoms with Crippen molar-refractivity contribution < 1.29 is 4.79 Å². The van der Waals surface area contributed by atoms with Crippen molar-refractivity contribution in [3.63, 3.8) is 0 Å². The molecule has 1 amide bonds. The molecule has 0 bridgehead atoms. The molecule has 6 heteroatoms. The molecule has 1 fully saturated rings. The Morgan fingerprint density at radius 2 is 1.96 bits per heavy atom. The van der Waals surface area contributed by atoms with Gasteiger partial charge in [-0.15, -0.1) is 0 Å². The fourth-order valence-electron chi connectivity index (χ4n) is 3.46. The minimum absolute atomic E-state index is 0.0141. The number of benzene rings is 1. The molecular formula is C22H27N5O. The standard InChI is InChI=1S/C22H27N5O/c1-16-6-7-19(13-17(16)2)18(3)25-21(28)15-26-9-11-27(12-10-26)22-20(14-23)5-4-8-24-22/h4-8,13,18H,9-12,15H2,1-3H3,(H,25,28). The Bertz CT molecular complexity index is 881. The maximum atomic E-state index is 12.5. The summed E-state index contributed by atoms with van der Waals surface area (Å²) in [5.74, 6) is 0.771. The third-order valence-corrected chi connectivity index (χ3v) is 5.35. The van der Waals surface area contributed by atoms with Crippen LogP contribution in [0.25, 0.3) is 0 Å². The zero-order chi connectivity index (χ0) is 20.1. The lowest BCUT2D eigenvalue weighted by Crippen LogP contribution is -2.50. The molecule has 2 heterocycles. The van der Waals surface area contributed by atoms with Crippen LogP contribution in [0.3, 0.4) is 0 Å². The smallest absolute Gasteiger partial charge is 0.234 e. The van der Waals surface area contributed by atoms with Crippen LogP contribution in [0, 0.1) is 25.2 Å². The van der Waals surface area contributed by atoms with Crippen LogP contribution >= 0.6 is 0 Å². The number of hydrogen-bond acceptors (Lipinski definition) is 5. The second-order valence-electron chi connectivity index (χ2n) is 7.38. The van der Waals surface area contributed by atoms with E-state index >= 15 is 0 Å². The van der Waals surface area contributed by atoms with Gasteiger partial charge in [-0.05, 0) is 49.6 Å². The maximum absolute atomic E-state index is 12.5. The van der Waals surface area contributed by atoms with E-state index in [1.54, 1.807) is 18.3 Å². The highest BCUT2D eigenvalue weighted by atomic mass is 16.2. The molecule has 1 unspecified atom stereocenters. The second-order valence-corrected chi connectivity index (χ2v) is 7.38. The highest BCUT2D eigenvalue weighted by Gasteiger charge is 2.22. The molecule has 0 saturated carbocycles. The molecule has 1 aliphatic heterocycles. The van der Waals surface area contributed by atoms with Crippen LogP contribution < -0.4 is 10.2 Å². The number of piperazine rings is 1. The first-order valence-electron chi connectivity index (χ1n) is 9.67. The molecule has 146 valence electrons. The van der Waals surface area contributed by atoms with Crippen molar-refractivity contribution in [2.45, 2.75) is 26.8 Å². The summed E-state index contributed by atoms with van der Waals surface area (Å²) in [4.78, 5) is 21.1. The number of carbonyl (C=O) groups excluding carboxylic acids is 1. The summed E-state index contributed by atoms with van der Waals surface area (Å²) in [6.07, 6.45) is 1.71. The monoisotopic (exact) mass is 377 g/mol. The SMILES string of the molecule is Cc1ccc(C(C)NC(=O)CN2CCN(c3ncccc3C#N)CC2)cc1C. The summed E-state index contributed by atoms with van der Waals surface area (Å²) >= 11 is 0. The third-order valence-electron chi connectivity index (χ3n) is 5.35. The van der Waals surface area contributed by atoms with Crippen LogP contribution in [-0.4, -0.2) is 48.5 Å². The molecule has 1 aliphatic rings. The van der Waals surface area contributed by atoms with Crippen molar-refractivity contribution in [1.82, 2.24) is 15.2 Å². The van der Waals surface area contributed by atoms with Crippen molar-refractivity contribution >= 4 is 11.7 Å². The number of anilines is 1. The largest absolute Gasteiger partial charge is 0.353 e. The molecule has 0 aliphatic carbocycles. The quantitative estimate of drug-likeness (QED) is 0.867. The molecule has 2 aromatic rings. The first-order chi connectivity index (χ1) is 13.5. The first kappa shape index (κ1) is 19.8. The van der Waals surface area contributed by atoms with Gasteiger partial charge in [0.05, 0.1) is 18.2 Å². The normalized spacial score (nSPS) is 15.7. The lowest BCUT2D eigenvalue weighted by Gasteiger charge is -2.35. The lowest BCUT2D eigenvalue weighted by atomic mass is 10.0. The Hall–Kier alpha value is -2.91. The highest BCUT2D eigenvalue weighted by molar-refractivity contribution is 5.78. The Balaban J connectivity index is 1.51. The average Bonchev–Trinajstić information content (AvgIpc) is 2.70. The van der Waals surface area contributed by atoms with Gasteiger partial charge in [0.15, 0.2) is 0 Å². The van der Waals surface area contributed by atoms with Gasteiger partial charge in [-0.3, -0.25) is 9.69 Å². The maximum Gasteiger partial charge on any atom is 0.234 e. The number of rotatable bonds is 5. The predicted octanol–water partition coefficient (Wildman–Crippen LogP) is 2.57. The summed E-state index contributed by atoms with van der Waals surface area (Å²) in [6.45, 7) is 9.64. The van der Waals surface area contributed by atoms with E-state index in [0.717, 1.165) is 37.6 Å². The minimum Gasteiger partial charge on any atom is -0.353 e. The topological polar surface area (TPSA) is 72.3 Å². The number of carbonyl (C=O) groups is 1. The van der Waals surface area contributed by atoms with Gasteiger partial charge < -0.3 is 10.2 Å². The van der Waals surface area contributed by atoms with Gasteiger partial charge in [-0.2, -0.15) is 5.26 Å². The summed E-state index contributed by atoms with van der Waals surface area (Å²) in [5, 5.41) is 12.4. The molecule has 6 nitrogen and oxygen atoms in total.